The van der Waals surface area contributed by atoms with Gasteiger partial charge < -0.3 is 24.6 Å². The van der Waals surface area contributed by atoms with Crippen molar-refractivity contribution >= 4 is 11.9 Å². The second-order valence-electron chi connectivity index (χ2n) is 7.12. The average Bonchev–Trinajstić information content (AvgIpc) is 3.51. The van der Waals surface area contributed by atoms with E-state index in [0.717, 1.165) is 5.56 Å². The number of carbonyl (C=O) groups is 2. The highest BCUT2D eigenvalue weighted by Crippen LogP contribution is 2.61. The summed E-state index contributed by atoms with van der Waals surface area (Å²) in [5.41, 5.74) is -0.0772. The van der Waals surface area contributed by atoms with E-state index in [1.807, 2.05) is 0 Å². The van der Waals surface area contributed by atoms with E-state index in [2.05, 4.69) is 5.32 Å². The van der Waals surface area contributed by atoms with Gasteiger partial charge in [0.25, 0.3) is 0 Å². The van der Waals surface area contributed by atoms with E-state index in [1.54, 1.807) is 24.3 Å². The summed E-state index contributed by atoms with van der Waals surface area (Å²) >= 11 is 0. The van der Waals surface area contributed by atoms with Gasteiger partial charge in [0, 0.05) is 12.5 Å². The van der Waals surface area contributed by atoms with E-state index in [0.29, 0.717) is 29.2 Å². The highest BCUT2D eigenvalue weighted by Gasteiger charge is 2.66. The number of carboxylic acid groups (broad SMARTS) is 1. The maximum absolute atomic E-state index is 13.0. The summed E-state index contributed by atoms with van der Waals surface area (Å²) in [5, 5.41) is 12.5. The zero-order valence-corrected chi connectivity index (χ0v) is 17.0. The van der Waals surface area contributed by atoms with Gasteiger partial charge in [0.1, 0.15) is 5.82 Å². The monoisotopic (exact) mass is 417 g/mol. The van der Waals surface area contributed by atoms with Gasteiger partial charge in [-0.15, -0.1) is 0 Å². The Morgan fingerprint density at radius 1 is 1.10 bits per heavy atom. The van der Waals surface area contributed by atoms with Gasteiger partial charge in [-0.05, 0) is 48.2 Å². The Balaban J connectivity index is 1.76. The van der Waals surface area contributed by atoms with Crippen molar-refractivity contribution in [3.63, 3.8) is 0 Å². The molecule has 0 saturated heterocycles. The van der Waals surface area contributed by atoms with Gasteiger partial charge in [0.05, 0.1) is 21.3 Å². The second-order valence-corrected chi connectivity index (χ2v) is 7.12. The first-order valence-electron chi connectivity index (χ1n) is 9.43. The molecule has 0 bridgehead atoms. The van der Waals surface area contributed by atoms with Crippen LogP contribution < -0.4 is 19.5 Å². The van der Waals surface area contributed by atoms with Crippen molar-refractivity contribution in [1.29, 1.82) is 0 Å². The number of rotatable bonds is 9. The Bertz CT molecular complexity index is 920. The number of benzene rings is 2. The molecule has 2 atom stereocenters. The fourth-order valence-corrected chi connectivity index (χ4v) is 3.68. The fourth-order valence-electron chi connectivity index (χ4n) is 3.68. The lowest BCUT2D eigenvalue weighted by atomic mass is 9.97. The van der Waals surface area contributed by atoms with Gasteiger partial charge in [-0.25, -0.2) is 4.39 Å². The van der Waals surface area contributed by atoms with Crippen LogP contribution in [0, 0.1) is 11.2 Å². The first kappa shape index (κ1) is 21.4. The summed E-state index contributed by atoms with van der Waals surface area (Å²) in [6.07, 6.45) is 0.639. The minimum absolute atomic E-state index is 0.170. The lowest BCUT2D eigenvalue weighted by Gasteiger charge is -2.16. The van der Waals surface area contributed by atoms with E-state index in [1.165, 1.54) is 33.5 Å². The zero-order chi connectivity index (χ0) is 21.9. The third-order valence-electron chi connectivity index (χ3n) is 5.45. The molecule has 2 aromatic rings. The summed E-state index contributed by atoms with van der Waals surface area (Å²) in [5.74, 6) is -1.39. The number of ether oxygens (including phenoxy) is 3. The normalized spacial score (nSPS) is 19.7. The molecular weight excluding hydrogens is 393 g/mol. The molecule has 1 aliphatic carbocycles. The lowest BCUT2D eigenvalue weighted by molar-refractivity contribution is -0.149. The van der Waals surface area contributed by atoms with Crippen molar-refractivity contribution in [2.24, 2.45) is 5.41 Å². The minimum Gasteiger partial charge on any atom is -0.493 e. The third-order valence-corrected chi connectivity index (χ3v) is 5.45. The quantitative estimate of drug-likeness (QED) is 0.610. The van der Waals surface area contributed by atoms with Gasteiger partial charge in [-0.3, -0.25) is 9.59 Å². The number of aliphatic carboxylic acids is 1. The molecule has 0 spiro atoms. The molecule has 2 aromatic carbocycles. The van der Waals surface area contributed by atoms with E-state index in [9.17, 15) is 19.1 Å². The number of methoxy groups -OCH3 is 3. The lowest BCUT2D eigenvalue weighted by Crippen LogP contribution is -2.39. The SMILES string of the molecule is COc1cc(C2CC2(C(=O)O)C(=O)NCCc2ccc(F)cc2)cc(OC)c1OC. The predicted octanol–water partition coefficient (Wildman–Crippen LogP) is 2.77. The van der Waals surface area contributed by atoms with Crippen LogP contribution in [0.25, 0.3) is 0 Å². The number of carbonyl (C=O) groups excluding carboxylic acids is 1. The molecule has 0 heterocycles. The van der Waals surface area contributed by atoms with Crippen molar-refractivity contribution in [3.8, 4) is 17.2 Å². The third kappa shape index (κ3) is 3.90. The van der Waals surface area contributed by atoms with Crippen molar-refractivity contribution < 1.29 is 33.3 Å². The number of carboxylic acids is 1. The van der Waals surface area contributed by atoms with Crippen molar-refractivity contribution in [2.75, 3.05) is 27.9 Å². The molecule has 160 valence electrons. The van der Waals surface area contributed by atoms with Crippen molar-refractivity contribution in [3.05, 3.63) is 53.3 Å². The van der Waals surface area contributed by atoms with Crippen molar-refractivity contribution in [1.82, 2.24) is 5.32 Å². The maximum atomic E-state index is 13.0. The molecule has 1 saturated carbocycles. The predicted molar refractivity (Wildman–Crippen MR) is 107 cm³/mol. The van der Waals surface area contributed by atoms with Gasteiger partial charge in [-0.2, -0.15) is 0 Å². The van der Waals surface area contributed by atoms with Crippen LogP contribution >= 0.6 is 0 Å². The van der Waals surface area contributed by atoms with Gasteiger partial charge in [0.2, 0.25) is 11.7 Å². The highest BCUT2D eigenvalue weighted by molar-refractivity contribution is 6.06. The molecule has 3 rings (SSSR count). The smallest absolute Gasteiger partial charge is 0.319 e. The van der Waals surface area contributed by atoms with Gasteiger partial charge >= 0.3 is 5.97 Å². The zero-order valence-electron chi connectivity index (χ0n) is 17.0. The molecule has 1 amide bonds. The number of hydrogen-bond donors (Lipinski definition) is 2. The second kappa shape index (κ2) is 8.61. The Morgan fingerprint density at radius 3 is 2.20 bits per heavy atom. The van der Waals surface area contributed by atoms with Crippen molar-refractivity contribution in [2.45, 2.75) is 18.8 Å². The topological polar surface area (TPSA) is 94.1 Å². The molecule has 7 nitrogen and oxygen atoms in total. The van der Waals surface area contributed by atoms with Crippen LogP contribution in [0.3, 0.4) is 0 Å². The van der Waals surface area contributed by atoms with Crippen LogP contribution in [0.4, 0.5) is 4.39 Å². The molecule has 2 N–H and O–H groups in total. The molecule has 2 unspecified atom stereocenters. The molecule has 0 radical (unpaired) electrons. The molecule has 30 heavy (non-hydrogen) atoms. The number of nitrogens with one attached hydrogen (secondary N) is 1. The Labute approximate surface area is 173 Å². The van der Waals surface area contributed by atoms with E-state index < -0.39 is 23.2 Å². The van der Waals surface area contributed by atoms with Crippen LogP contribution in [-0.2, 0) is 16.0 Å². The minimum atomic E-state index is -1.55. The van der Waals surface area contributed by atoms with Crippen LogP contribution in [0.2, 0.25) is 0 Å². The number of hydrogen-bond acceptors (Lipinski definition) is 5. The van der Waals surface area contributed by atoms with Crippen LogP contribution in [0.5, 0.6) is 17.2 Å². The maximum Gasteiger partial charge on any atom is 0.319 e. The molecule has 1 aliphatic rings. The van der Waals surface area contributed by atoms with Crippen LogP contribution in [0.15, 0.2) is 36.4 Å². The fraction of sp³-hybridized carbons (Fsp3) is 0.364. The Morgan fingerprint density at radius 2 is 1.70 bits per heavy atom. The molecule has 0 aromatic heterocycles. The first-order valence-corrected chi connectivity index (χ1v) is 9.43. The largest absolute Gasteiger partial charge is 0.493 e. The Hall–Kier alpha value is -3.29. The standard InChI is InChI=1S/C22H24FNO6/c1-28-17-10-14(11-18(29-2)19(17)30-3)16-12-22(16,21(26)27)20(25)24-9-8-13-4-6-15(23)7-5-13/h4-7,10-11,16H,8-9,12H2,1-3H3,(H,24,25)(H,26,27). The first-order chi connectivity index (χ1) is 14.4. The summed E-state index contributed by atoms with van der Waals surface area (Å²) in [6, 6.07) is 9.29. The Kier molecular flexibility index (Phi) is 6.14. The molecule has 0 aliphatic heterocycles. The average molecular weight is 417 g/mol. The summed E-state index contributed by atoms with van der Waals surface area (Å²) in [7, 11) is 4.43. The number of amides is 1. The number of halogens is 1. The molecule has 8 heteroatoms. The summed E-state index contributed by atoms with van der Waals surface area (Å²) in [6.45, 7) is 0.251. The van der Waals surface area contributed by atoms with E-state index in [-0.39, 0.29) is 18.8 Å². The summed E-state index contributed by atoms with van der Waals surface area (Å²) in [4.78, 5) is 24.8. The van der Waals surface area contributed by atoms with Gasteiger partial charge in [0.15, 0.2) is 16.9 Å². The molecular formula is C22H24FNO6. The van der Waals surface area contributed by atoms with Gasteiger partial charge in [-0.1, -0.05) is 12.1 Å². The van der Waals surface area contributed by atoms with E-state index >= 15 is 0 Å². The van der Waals surface area contributed by atoms with Crippen LogP contribution in [0.1, 0.15) is 23.5 Å². The van der Waals surface area contributed by atoms with Crippen LogP contribution in [-0.4, -0.2) is 44.9 Å². The molecule has 1 fully saturated rings. The van der Waals surface area contributed by atoms with E-state index in [4.69, 9.17) is 14.2 Å². The summed E-state index contributed by atoms with van der Waals surface area (Å²) < 4.78 is 28.9. The highest BCUT2D eigenvalue weighted by atomic mass is 19.1.